The van der Waals surface area contributed by atoms with Crippen LogP contribution in [0.4, 0.5) is 4.39 Å². The quantitative estimate of drug-likeness (QED) is 0.802. The molecule has 0 saturated heterocycles. The highest BCUT2D eigenvalue weighted by atomic mass is 19.1. The Morgan fingerprint density at radius 2 is 1.96 bits per heavy atom. The van der Waals surface area contributed by atoms with Gasteiger partial charge in [0.25, 0.3) is 5.91 Å². The number of carbonyl (C=O) groups excluding carboxylic acids is 2. The van der Waals surface area contributed by atoms with Gasteiger partial charge < -0.3 is 5.32 Å². The average Bonchev–Trinajstić information content (AvgIpc) is 2.92. The molecule has 1 heterocycles. The maximum Gasteiger partial charge on any atom is 0.270 e. The van der Waals surface area contributed by atoms with Gasteiger partial charge in [0.05, 0.1) is 0 Å². The zero-order chi connectivity index (χ0) is 18.9. The topological polar surface area (TPSA) is 59.1 Å². The number of rotatable bonds is 5. The first-order valence-corrected chi connectivity index (χ1v) is 9.52. The number of benzene rings is 1. The Kier molecular flexibility index (Phi) is 4.54. The molecule has 2 unspecified atom stereocenters. The van der Waals surface area contributed by atoms with Gasteiger partial charge in [0.15, 0.2) is 5.78 Å². The van der Waals surface area contributed by atoms with Crippen LogP contribution in [-0.4, -0.2) is 22.2 Å². The summed E-state index contributed by atoms with van der Waals surface area (Å²) in [6, 6.07) is 11.2. The summed E-state index contributed by atoms with van der Waals surface area (Å²) in [5.41, 5.74) is 0.504. The minimum atomic E-state index is -0.384. The molecule has 2 aromatic rings. The standard InChI is InChI=1S/C22H23FN2O2/c23-17-6-3-5-16(13-17)19(26)14-21-8-4-9-22(15-21,11-10-21)25-20(27)18-7-1-2-12-24-18/h1-3,5-7,12-13H,4,8-11,14-15H2,(H,25,27). The molecule has 27 heavy (non-hydrogen) atoms. The van der Waals surface area contributed by atoms with Crippen LogP contribution in [0.5, 0.6) is 0 Å². The van der Waals surface area contributed by atoms with Crippen molar-refractivity contribution >= 4 is 11.7 Å². The first-order valence-electron chi connectivity index (χ1n) is 9.52. The van der Waals surface area contributed by atoms with E-state index in [-0.39, 0.29) is 28.5 Å². The summed E-state index contributed by atoms with van der Waals surface area (Å²) < 4.78 is 13.5. The Morgan fingerprint density at radius 3 is 2.74 bits per heavy atom. The first kappa shape index (κ1) is 17.8. The van der Waals surface area contributed by atoms with Crippen molar-refractivity contribution in [3.8, 4) is 0 Å². The summed E-state index contributed by atoms with van der Waals surface area (Å²) >= 11 is 0. The van der Waals surface area contributed by atoms with Crippen molar-refractivity contribution in [2.45, 2.75) is 50.5 Å². The van der Waals surface area contributed by atoms with Crippen molar-refractivity contribution in [1.82, 2.24) is 10.3 Å². The van der Waals surface area contributed by atoms with Crippen molar-refractivity contribution in [3.63, 3.8) is 0 Å². The van der Waals surface area contributed by atoms with Crippen LogP contribution < -0.4 is 5.32 Å². The van der Waals surface area contributed by atoms with Gasteiger partial charge in [-0.1, -0.05) is 24.6 Å². The van der Waals surface area contributed by atoms with E-state index in [1.54, 1.807) is 36.5 Å². The molecule has 2 aliphatic carbocycles. The fourth-order valence-corrected chi connectivity index (χ4v) is 4.94. The number of fused-ring (bicyclic) bond motifs is 2. The summed E-state index contributed by atoms with van der Waals surface area (Å²) in [5.74, 6) is -0.543. The molecule has 0 radical (unpaired) electrons. The largest absolute Gasteiger partial charge is 0.345 e. The monoisotopic (exact) mass is 366 g/mol. The van der Waals surface area contributed by atoms with Crippen LogP contribution in [0.15, 0.2) is 48.7 Å². The highest BCUT2D eigenvalue weighted by Gasteiger charge is 2.52. The maximum atomic E-state index is 13.5. The number of ketones is 1. The molecular weight excluding hydrogens is 343 g/mol. The number of nitrogens with zero attached hydrogens (tertiary/aromatic N) is 1. The number of amides is 1. The van der Waals surface area contributed by atoms with Crippen molar-refractivity contribution in [3.05, 3.63) is 65.7 Å². The van der Waals surface area contributed by atoms with Gasteiger partial charge in [-0.15, -0.1) is 0 Å². The van der Waals surface area contributed by atoms with Crippen LogP contribution >= 0.6 is 0 Å². The Labute approximate surface area is 158 Å². The predicted octanol–water partition coefficient (Wildman–Crippen LogP) is 4.32. The lowest BCUT2D eigenvalue weighted by molar-refractivity contribution is 0.0800. The van der Waals surface area contributed by atoms with E-state index < -0.39 is 0 Å². The number of Topliss-reactive ketones (excluding diaryl/α,β-unsaturated/α-hetero) is 1. The molecule has 1 aromatic heterocycles. The third-order valence-electron chi connectivity index (χ3n) is 6.17. The zero-order valence-corrected chi connectivity index (χ0v) is 15.2. The molecule has 2 saturated carbocycles. The Bertz CT molecular complexity index is 870. The van der Waals surface area contributed by atoms with Crippen LogP contribution in [0.2, 0.25) is 0 Å². The fraction of sp³-hybridized carbons (Fsp3) is 0.409. The van der Waals surface area contributed by atoms with Gasteiger partial charge in [-0.25, -0.2) is 4.39 Å². The fourth-order valence-electron chi connectivity index (χ4n) is 4.94. The number of hydrogen-bond donors (Lipinski definition) is 1. The molecule has 2 aliphatic rings. The average molecular weight is 366 g/mol. The molecule has 0 aliphatic heterocycles. The van der Waals surface area contributed by atoms with Crippen molar-refractivity contribution < 1.29 is 14.0 Å². The molecule has 1 N–H and O–H groups in total. The first-order chi connectivity index (χ1) is 13.0. The lowest BCUT2D eigenvalue weighted by Crippen LogP contribution is -2.49. The van der Waals surface area contributed by atoms with E-state index in [0.717, 1.165) is 38.5 Å². The Balaban J connectivity index is 1.48. The highest BCUT2D eigenvalue weighted by molar-refractivity contribution is 5.96. The third kappa shape index (κ3) is 3.64. The summed E-state index contributed by atoms with van der Waals surface area (Å²) in [6.45, 7) is 0. The van der Waals surface area contributed by atoms with Gasteiger partial charge in [0.2, 0.25) is 0 Å². The van der Waals surface area contributed by atoms with Gasteiger partial charge in [-0.05, 0) is 61.8 Å². The van der Waals surface area contributed by atoms with E-state index >= 15 is 0 Å². The second-order valence-corrected chi connectivity index (χ2v) is 8.09. The molecule has 0 spiro atoms. The highest BCUT2D eigenvalue weighted by Crippen LogP contribution is 2.55. The molecule has 2 bridgehead atoms. The maximum absolute atomic E-state index is 13.5. The molecule has 1 aromatic carbocycles. The number of nitrogens with one attached hydrogen (secondary N) is 1. The molecule has 1 amide bonds. The molecule has 5 heteroatoms. The van der Waals surface area contributed by atoms with Crippen LogP contribution in [0.3, 0.4) is 0 Å². The second kappa shape index (κ2) is 6.87. The smallest absolute Gasteiger partial charge is 0.270 e. The number of halogens is 1. The number of aromatic nitrogens is 1. The molecule has 140 valence electrons. The van der Waals surface area contributed by atoms with E-state index in [0.29, 0.717) is 17.7 Å². The number of pyridine rings is 1. The van der Waals surface area contributed by atoms with Crippen LogP contribution in [0.25, 0.3) is 0 Å². The summed E-state index contributed by atoms with van der Waals surface area (Å²) in [5, 5.41) is 3.21. The minimum Gasteiger partial charge on any atom is -0.345 e. The van der Waals surface area contributed by atoms with Crippen molar-refractivity contribution in [1.29, 1.82) is 0 Å². The van der Waals surface area contributed by atoms with Gasteiger partial charge in [0.1, 0.15) is 11.5 Å². The van der Waals surface area contributed by atoms with Crippen molar-refractivity contribution in [2.75, 3.05) is 0 Å². The van der Waals surface area contributed by atoms with E-state index in [9.17, 15) is 14.0 Å². The van der Waals surface area contributed by atoms with Gasteiger partial charge >= 0.3 is 0 Å². The third-order valence-corrected chi connectivity index (χ3v) is 6.17. The normalized spacial score (nSPS) is 26.6. The van der Waals surface area contributed by atoms with Crippen LogP contribution in [0, 0.1) is 11.2 Å². The van der Waals surface area contributed by atoms with Crippen LogP contribution in [0.1, 0.15) is 65.8 Å². The molecule has 4 nitrogen and oxygen atoms in total. The summed E-state index contributed by atoms with van der Waals surface area (Å²) in [4.78, 5) is 29.5. The van der Waals surface area contributed by atoms with E-state index in [4.69, 9.17) is 0 Å². The van der Waals surface area contributed by atoms with Crippen LogP contribution in [-0.2, 0) is 0 Å². The molecule has 2 atom stereocenters. The zero-order valence-electron chi connectivity index (χ0n) is 15.2. The number of hydrogen-bond acceptors (Lipinski definition) is 3. The van der Waals surface area contributed by atoms with Gasteiger partial charge in [-0.3, -0.25) is 14.6 Å². The SMILES string of the molecule is O=C(CC12CCCC(NC(=O)c3ccccn3)(CC1)C2)c1cccc(F)c1. The minimum absolute atomic E-state index is 0.0109. The second-order valence-electron chi connectivity index (χ2n) is 8.09. The lowest BCUT2D eigenvalue weighted by atomic mass is 9.70. The van der Waals surface area contributed by atoms with E-state index in [2.05, 4.69) is 10.3 Å². The predicted molar refractivity (Wildman–Crippen MR) is 99.9 cm³/mol. The molecule has 2 fully saturated rings. The van der Waals surface area contributed by atoms with Gasteiger partial charge in [-0.2, -0.15) is 0 Å². The van der Waals surface area contributed by atoms with E-state index in [1.807, 2.05) is 0 Å². The lowest BCUT2D eigenvalue weighted by Gasteiger charge is -2.39. The van der Waals surface area contributed by atoms with Gasteiger partial charge in [0, 0.05) is 23.7 Å². The number of carbonyl (C=O) groups is 2. The summed E-state index contributed by atoms with van der Waals surface area (Å²) in [7, 11) is 0. The summed E-state index contributed by atoms with van der Waals surface area (Å²) in [6.07, 6.45) is 7.52. The van der Waals surface area contributed by atoms with E-state index in [1.165, 1.54) is 12.1 Å². The van der Waals surface area contributed by atoms with Crippen molar-refractivity contribution in [2.24, 2.45) is 5.41 Å². The molecular formula is C22H23FN2O2. The Hall–Kier alpha value is -2.56. The molecule has 4 rings (SSSR count). The Morgan fingerprint density at radius 1 is 1.07 bits per heavy atom.